The topological polar surface area (TPSA) is 80.8 Å². The molecular weight excluding hydrogens is 178 g/mol. The first-order valence-electron chi connectivity index (χ1n) is 3.30. The minimum absolute atomic E-state index is 0.145. The van der Waals surface area contributed by atoms with Crippen LogP contribution in [0, 0.1) is 0 Å². The van der Waals surface area contributed by atoms with Gasteiger partial charge in [0.15, 0.2) is 0 Å². The summed E-state index contributed by atoms with van der Waals surface area (Å²) in [7, 11) is 0. The summed E-state index contributed by atoms with van der Waals surface area (Å²) in [4.78, 5) is 47.0. The molecule has 6 heteroatoms. The van der Waals surface area contributed by atoms with E-state index in [2.05, 4.69) is 11.4 Å². The van der Waals surface area contributed by atoms with E-state index in [1.165, 1.54) is 0 Å². The third kappa shape index (κ3) is 1.61. The van der Waals surface area contributed by atoms with Gasteiger partial charge in [-0.25, -0.2) is 4.79 Å². The number of Topliss-reactive ketones (excluding diaryl/α,β-unsaturated/α-hetero) is 1. The van der Waals surface area contributed by atoms with Crippen molar-refractivity contribution in [1.29, 1.82) is 0 Å². The van der Waals surface area contributed by atoms with Crippen LogP contribution < -0.4 is 0 Å². The zero-order valence-corrected chi connectivity index (χ0v) is 6.48. The highest BCUT2D eigenvalue weighted by molar-refractivity contribution is 6.46. The molecule has 2 amide bonds. The molecular formula is C7H5NO5. The molecule has 0 aromatic heterocycles. The van der Waals surface area contributed by atoms with Gasteiger partial charge in [0.05, 0.1) is 6.42 Å². The zero-order chi connectivity index (χ0) is 10.0. The second-order valence-corrected chi connectivity index (χ2v) is 2.21. The quantitative estimate of drug-likeness (QED) is 0.236. The summed E-state index contributed by atoms with van der Waals surface area (Å²) in [5.74, 6) is -3.82. The summed E-state index contributed by atoms with van der Waals surface area (Å²) in [5, 5.41) is 0.145. The molecule has 1 fully saturated rings. The van der Waals surface area contributed by atoms with Crippen molar-refractivity contribution < 1.29 is 24.0 Å². The van der Waals surface area contributed by atoms with E-state index in [1.807, 2.05) is 0 Å². The number of amides is 2. The van der Waals surface area contributed by atoms with Crippen LogP contribution >= 0.6 is 0 Å². The zero-order valence-electron chi connectivity index (χ0n) is 6.48. The summed E-state index contributed by atoms with van der Waals surface area (Å²) in [5.41, 5.74) is 0. The highest BCUT2D eigenvalue weighted by Crippen LogP contribution is 2.08. The fourth-order valence-corrected chi connectivity index (χ4v) is 0.731. The lowest BCUT2D eigenvalue weighted by Crippen LogP contribution is -2.32. The first kappa shape index (κ1) is 9.11. The van der Waals surface area contributed by atoms with Gasteiger partial charge in [0.1, 0.15) is 0 Å². The van der Waals surface area contributed by atoms with Gasteiger partial charge in [-0.2, -0.15) is 0 Å². The SMILES string of the molecule is C=CC(=O)ON1C(=O)CC(=O)C1=O. The van der Waals surface area contributed by atoms with E-state index in [4.69, 9.17) is 0 Å². The standard InChI is InChI=1S/C7H5NO5/c1-2-6(11)13-8-5(10)3-4(9)7(8)12/h2H,1,3H2. The van der Waals surface area contributed by atoms with Crippen LogP contribution in [0.4, 0.5) is 0 Å². The molecule has 1 heterocycles. The predicted octanol–water partition coefficient (Wildman–Crippen LogP) is -1.04. The number of ketones is 1. The third-order valence-electron chi connectivity index (χ3n) is 1.31. The van der Waals surface area contributed by atoms with Crippen molar-refractivity contribution in [3.05, 3.63) is 12.7 Å². The molecule has 6 nitrogen and oxygen atoms in total. The molecule has 13 heavy (non-hydrogen) atoms. The highest BCUT2D eigenvalue weighted by Gasteiger charge is 2.40. The Hall–Kier alpha value is -1.98. The maximum absolute atomic E-state index is 10.8. The number of imide groups is 1. The Morgan fingerprint density at radius 2 is 2.08 bits per heavy atom. The Balaban J connectivity index is 2.75. The number of carbonyl (C=O) groups excluding carboxylic acids is 4. The van der Waals surface area contributed by atoms with Crippen molar-refractivity contribution in [1.82, 2.24) is 5.06 Å². The molecule has 0 aromatic carbocycles. The first-order chi connectivity index (χ1) is 6.06. The monoisotopic (exact) mass is 183 g/mol. The fourth-order valence-electron chi connectivity index (χ4n) is 0.731. The Morgan fingerprint density at radius 1 is 1.46 bits per heavy atom. The maximum Gasteiger partial charge on any atom is 0.356 e. The van der Waals surface area contributed by atoms with E-state index in [0.717, 1.165) is 6.08 Å². The van der Waals surface area contributed by atoms with E-state index in [1.54, 1.807) is 0 Å². The fraction of sp³-hybridized carbons (Fsp3) is 0.143. The number of carbonyl (C=O) groups is 4. The summed E-state index contributed by atoms with van der Waals surface area (Å²) in [6.07, 6.45) is 0.229. The largest absolute Gasteiger partial charge is 0.356 e. The van der Waals surface area contributed by atoms with Crippen molar-refractivity contribution in [2.45, 2.75) is 6.42 Å². The second kappa shape index (κ2) is 3.18. The van der Waals surface area contributed by atoms with Gasteiger partial charge < -0.3 is 4.84 Å². The molecule has 0 unspecified atom stereocenters. The molecule has 0 N–H and O–H groups in total. The Kier molecular flexibility index (Phi) is 2.23. The second-order valence-electron chi connectivity index (χ2n) is 2.21. The first-order valence-corrected chi connectivity index (χ1v) is 3.30. The van der Waals surface area contributed by atoms with Crippen LogP contribution in [0.5, 0.6) is 0 Å². The predicted molar refractivity (Wildman–Crippen MR) is 37.8 cm³/mol. The lowest BCUT2D eigenvalue weighted by atomic mass is 10.3. The molecule has 68 valence electrons. The number of hydrogen-bond acceptors (Lipinski definition) is 5. The molecule has 0 saturated carbocycles. The number of hydroxylamine groups is 2. The average molecular weight is 183 g/mol. The number of rotatable bonds is 2. The van der Waals surface area contributed by atoms with E-state index >= 15 is 0 Å². The van der Waals surface area contributed by atoms with Gasteiger partial charge in [0.25, 0.3) is 5.91 Å². The molecule has 0 bridgehead atoms. The summed E-state index contributed by atoms with van der Waals surface area (Å²) >= 11 is 0. The minimum Gasteiger partial charge on any atom is -0.325 e. The van der Waals surface area contributed by atoms with Crippen LogP contribution in [-0.4, -0.2) is 28.6 Å². The van der Waals surface area contributed by atoms with Gasteiger partial charge in [-0.05, 0) is 0 Å². The van der Waals surface area contributed by atoms with Crippen LogP contribution in [0.3, 0.4) is 0 Å². The Morgan fingerprint density at radius 3 is 2.46 bits per heavy atom. The molecule has 1 aliphatic heterocycles. The van der Waals surface area contributed by atoms with Crippen molar-refractivity contribution in [3.63, 3.8) is 0 Å². The molecule has 0 spiro atoms. The van der Waals surface area contributed by atoms with Crippen molar-refractivity contribution in [2.24, 2.45) is 0 Å². The summed E-state index contributed by atoms with van der Waals surface area (Å²) in [6, 6.07) is 0. The van der Waals surface area contributed by atoms with E-state index in [-0.39, 0.29) is 5.06 Å². The minimum atomic E-state index is -1.12. The molecule has 0 radical (unpaired) electrons. The third-order valence-corrected chi connectivity index (χ3v) is 1.31. The molecule has 0 aliphatic carbocycles. The highest BCUT2D eigenvalue weighted by atomic mass is 16.7. The van der Waals surface area contributed by atoms with E-state index < -0.39 is 30.0 Å². The van der Waals surface area contributed by atoms with Crippen molar-refractivity contribution in [3.8, 4) is 0 Å². The summed E-state index contributed by atoms with van der Waals surface area (Å²) < 4.78 is 0. The van der Waals surface area contributed by atoms with Gasteiger partial charge in [-0.15, -0.1) is 0 Å². The molecule has 1 saturated heterocycles. The van der Waals surface area contributed by atoms with Crippen molar-refractivity contribution >= 4 is 23.6 Å². The molecule has 1 aliphatic rings. The lowest BCUT2D eigenvalue weighted by molar-refractivity contribution is -0.193. The number of nitrogens with zero attached hydrogens (tertiary/aromatic N) is 1. The Labute approximate surface area is 72.7 Å². The van der Waals surface area contributed by atoms with Gasteiger partial charge in [-0.1, -0.05) is 11.6 Å². The van der Waals surface area contributed by atoms with Crippen LogP contribution in [-0.2, 0) is 24.0 Å². The smallest absolute Gasteiger partial charge is 0.325 e. The normalized spacial score (nSPS) is 16.3. The van der Waals surface area contributed by atoms with Gasteiger partial charge in [-0.3, -0.25) is 14.4 Å². The maximum atomic E-state index is 10.8. The van der Waals surface area contributed by atoms with Crippen LogP contribution in [0.15, 0.2) is 12.7 Å². The van der Waals surface area contributed by atoms with Gasteiger partial charge >= 0.3 is 11.9 Å². The van der Waals surface area contributed by atoms with Crippen LogP contribution in [0.2, 0.25) is 0 Å². The van der Waals surface area contributed by atoms with Gasteiger partial charge in [0, 0.05) is 6.08 Å². The summed E-state index contributed by atoms with van der Waals surface area (Å²) in [6.45, 7) is 3.06. The van der Waals surface area contributed by atoms with E-state index in [0.29, 0.717) is 0 Å². The van der Waals surface area contributed by atoms with Gasteiger partial charge in [0.2, 0.25) is 5.78 Å². The molecule has 1 rings (SSSR count). The Bertz CT molecular complexity index is 319. The lowest BCUT2D eigenvalue weighted by Gasteiger charge is -2.08. The van der Waals surface area contributed by atoms with Crippen molar-refractivity contribution in [2.75, 3.05) is 0 Å². The van der Waals surface area contributed by atoms with Crippen LogP contribution in [0.25, 0.3) is 0 Å². The van der Waals surface area contributed by atoms with Crippen LogP contribution in [0.1, 0.15) is 6.42 Å². The number of hydrogen-bond donors (Lipinski definition) is 0. The molecule has 0 aromatic rings. The average Bonchev–Trinajstić information content (AvgIpc) is 2.32. The van der Waals surface area contributed by atoms with E-state index in [9.17, 15) is 19.2 Å². The molecule has 0 atom stereocenters.